The van der Waals surface area contributed by atoms with E-state index in [9.17, 15) is 19.2 Å². The fraction of sp³-hybridized carbons (Fsp3) is 0.208. The van der Waals surface area contributed by atoms with Crippen molar-refractivity contribution in [3.63, 3.8) is 0 Å². The number of carbonyl (C=O) groups excluding carboxylic acids is 4. The van der Waals surface area contributed by atoms with E-state index in [0.717, 1.165) is 4.90 Å². The fourth-order valence-electron chi connectivity index (χ4n) is 3.34. The van der Waals surface area contributed by atoms with Crippen LogP contribution in [0.2, 0.25) is 0 Å². The van der Waals surface area contributed by atoms with Crippen LogP contribution < -0.4 is 0 Å². The maximum Gasteiger partial charge on any atom is 0.420 e. The number of imide groups is 1. The maximum atomic E-state index is 12.8. The summed E-state index contributed by atoms with van der Waals surface area (Å²) in [5.74, 6) is 3.60. The normalized spacial score (nSPS) is 13.0. The summed E-state index contributed by atoms with van der Waals surface area (Å²) < 4.78 is 6.55. The van der Waals surface area contributed by atoms with Crippen LogP contribution in [0.3, 0.4) is 0 Å². The zero-order valence-corrected chi connectivity index (χ0v) is 17.7. The first-order valence-electron chi connectivity index (χ1n) is 9.85. The highest BCUT2D eigenvalue weighted by atomic mass is 16.6. The quantitative estimate of drug-likeness (QED) is 0.268. The van der Waals surface area contributed by atoms with E-state index >= 15 is 0 Å². The third-order valence-electron chi connectivity index (χ3n) is 4.72. The largest absolute Gasteiger partial charge is 0.443 e. The van der Waals surface area contributed by atoms with E-state index in [-0.39, 0.29) is 17.8 Å². The lowest BCUT2D eigenvalue weighted by atomic mass is 10.1. The minimum atomic E-state index is -0.723. The van der Waals surface area contributed by atoms with Gasteiger partial charge in [-0.25, -0.2) is 14.3 Å². The highest BCUT2D eigenvalue weighted by Gasteiger charge is 2.34. The Hall–Kier alpha value is -4.25. The van der Waals surface area contributed by atoms with Crippen molar-refractivity contribution in [2.75, 3.05) is 6.54 Å². The van der Waals surface area contributed by atoms with Crippen LogP contribution in [0.5, 0.6) is 0 Å². The third kappa shape index (κ3) is 3.76. The number of nitrogens with zero attached hydrogens (tertiary/aromatic N) is 3. The van der Waals surface area contributed by atoms with Gasteiger partial charge < -0.3 is 4.74 Å². The van der Waals surface area contributed by atoms with Crippen molar-refractivity contribution in [1.82, 2.24) is 14.5 Å². The van der Waals surface area contributed by atoms with Crippen LogP contribution in [0.15, 0.2) is 48.8 Å². The zero-order chi connectivity index (χ0) is 23.0. The summed E-state index contributed by atoms with van der Waals surface area (Å²) in [6, 6.07) is 9.81. The second-order valence-electron chi connectivity index (χ2n) is 8.14. The standard InChI is InChI=1S/C24H19N3O5/c1-24(2,3)32-23(31)27-14-18(15-10-6-12-25-20(15)27)19(28)11-7-13-26-21(29)16-8-4-5-9-17(16)22(26)30/h4-6,8-10,12,14H,13H2,1-3H3. The third-order valence-corrected chi connectivity index (χ3v) is 4.72. The van der Waals surface area contributed by atoms with Crippen LogP contribution >= 0.6 is 0 Å². The second-order valence-corrected chi connectivity index (χ2v) is 8.14. The van der Waals surface area contributed by atoms with Gasteiger partial charge in [0.2, 0.25) is 5.78 Å². The minimum absolute atomic E-state index is 0.175. The Morgan fingerprint density at radius 3 is 2.31 bits per heavy atom. The topological polar surface area (TPSA) is 98.6 Å². The first-order valence-corrected chi connectivity index (χ1v) is 9.85. The smallest absolute Gasteiger partial charge is 0.420 e. The Labute approximate surface area is 183 Å². The molecular formula is C24H19N3O5. The second kappa shape index (κ2) is 7.78. The van der Waals surface area contributed by atoms with Gasteiger partial charge in [-0.1, -0.05) is 18.1 Å². The Morgan fingerprint density at radius 2 is 1.69 bits per heavy atom. The van der Waals surface area contributed by atoms with Gasteiger partial charge in [0.25, 0.3) is 11.8 Å². The predicted molar refractivity (Wildman–Crippen MR) is 115 cm³/mol. The molecule has 3 aromatic rings. The number of hydrogen-bond acceptors (Lipinski definition) is 6. The summed E-state index contributed by atoms with van der Waals surface area (Å²) in [6.07, 6.45) is 2.18. The average molecular weight is 429 g/mol. The summed E-state index contributed by atoms with van der Waals surface area (Å²) in [5, 5.41) is 0.443. The van der Waals surface area contributed by atoms with Crippen molar-refractivity contribution in [3.8, 4) is 11.8 Å². The van der Waals surface area contributed by atoms with E-state index in [2.05, 4.69) is 16.8 Å². The Morgan fingerprint density at radius 1 is 1.03 bits per heavy atom. The maximum absolute atomic E-state index is 12.8. The summed E-state index contributed by atoms with van der Waals surface area (Å²) in [5.41, 5.74) is 0.356. The fourth-order valence-corrected chi connectivity index (χ4v) is 3.34. The summed E-state index contributed by atoms with van der Waals surface area (Å²) in [4.78, 5) is 55.3. The van der Waals surface area contributed by atoms with E-state index in [1.54, 1.807) is 57.2 Å². The number of Topliss-reactive ketones (excluding diaryl/α,β-unsaturated/α-hetero) is 1. The molecule has 1 aromatic carbocycles. The average Bonchev–Trinajstić information content (AvgIpc) is 3.24. The van der Waals surface area contributed by atoms with Gasteiger partial charge >= 0.3 is 6.09 Å². The van der Waals surface area contributed by atoms with Gasteiger partial charge in [-0.15, -0.1) is 0 Å². The molecule has 0 N–H and O–H groups in total. The number of benzene rings is 1. The number of hydrogen-bond donors (Lipinski definition) is 0. The SMILES string of the molecule is CC(C)(C)OC(=O)n1cc(C(=O)C#CCN2C(=O)c3ccccc3C2=O)c2cccnc21. The van der Waals surface area contributed by atoms with E-state index in [0.29, 0.717) is 16.5 Å². The number of carbonyl (C=O) groups is 4. The van der Waals surface area contributed by atoms with Crippen molar-refractivity contribution in [2.24, 2.45) is 0 Å². The number of ether oxygens (including phenoxy) is 1. The first-order chi connectivity index (χ1) is 15.2. The lowest BCUT2D eigenvalue weighted by Gasteiger charge is -2.19. The van der Waals surface area contributed by atoms with Crippen LogP contribution in [0.4, 0.5) is 4.79 Å². The molecule has 0 atom stereocenters. The number of fused-ring (bicyclic) bond motifs is 2. The van der Waals surface area contributed by atoms with Gasteiger partial charge in [0.1, 0.15) is 11.2 Å². The molecule has 8 heteroatoms. The van der Waals surface area contributed by atoms with Gasteiger partial charge in [-0.05, 0) is 51.0 Å². The van der Waals surface area contributed by atoms with Gasteiger partial charge in [-0.2, -0.15) is 0 Å². The molecule has 0 saturated carbocycles. The number of pyridine rings is 1. The molecule has 2 amide bonds. The highest BCUT2D eigenvalue weighted by Crippen LogP contribution is 2.23. The molecule has 0 unspecified atom stereocenters. The number of amides is 2. The van der Waals surface area contributed by atoms with Gasteiger partial charge in [0.05, 0.1) is 23.2 Å². The summed E-state index contributed by atoms with van der Waals surface area (Å²) in [7, 11) is 0. The highest BCUT2D eigenvalue weighted by molar-refractivity contribution is 6.21. The molecule has 2 aromatic heterocycles. The Balaban J connectivity index is 1.59. The summed E-state index contributed by atoms with van der Waals surface area (Å²) >= 11 is 0. The molecule has 4 rings (SSSR count). The molecule has 160 valence electrons. The molecule has 0 radical (unpaired) electrons. The molecule has 0 saturated heterocycles. The molecule has 32 heavy (non-hydrogen) atoms. The minimum Gasteiger partial charge on any atom is -0.443 e. The number of rotatable bonds is 2. The van der Waals surface area contributed by atoms with Crippen molar-refractivity contribution >= 4 is 34.7 Å². The lowest BCUT2D eigenvalue weighted by Crippen LogP contribution is -2.30. The van der Waals surface area contributed by atoms with Crippen molar-refractivity contribution in [2.45, 2.75) is 26.4 Å². The monoisotopic (exact) mass is 429 g/mol. The zero-order valence-electron chi connectivity index (χ0n) is 17.7. The molecule has 1 aliphatic heterocycles. The molecule has 3 heterocycles. The van der Waals surface area contributed by atoms with Crippen molar-refractivity contribution < 1.29 is 23.9 Å². The molecule has 8 nitrogen and oxygen atoms in total. The van der Waals surface area contributed by atoms with Crippen molar-refractivity contribution in [3.05, 3.63) is 65.5 Å². The number of ketones is 1. The van der Waals surface area contributed by atoms with Gasteiger partial charge in [0.15, 0.2) is 0 Å². The van der Waals surface area contributed by atoms with Gasteiger partial charge in [-0.3, -0.25) is 19.3 Å². The molecular weight excluding hydrogens is 410 g/mol. The van der Waals surface area contributed by atoms with Crippen LogP contribution in [0, 0.1) is 11.8 Å². The van der Waals surface area contributed by atoms with Crippen molar-refractivity contribution in [1.29, 1.82) is 0 Å². The molecule has 1 aliphatic rings. The van der Waals surface area contributed by atoms with Crippen LogP contribution in [0.1, 0.15) is 51.8 Å². The molecule has 0 spiro atoms. The lowest BCUT2D eigenvalue weighted by molar-refractivity contribution is 0.0542. The van der Waals surface area contributed by atoms with Crippen LogP contribution in [0.25, 0.3) is 11.0 Å². The Bertz CT molecular complexity index is 1320. The predicted octanol–water partition coefficient (Wildman–Crippen LogP) is 3.30. The molecule has 0 aliphatic carbocycles. The van der Waals surface area contributed by atoms with E-state index in [4.69, 9.17) is 4.74 Å². The van der Waals surface area contributed by atoms with Crippen LogP contribution in [-0.4, -0.2) is 50.3 Å². The molecule has 0 fully saturated rings. The Kier molecular flexibility index (Phi) is 5.11. The van der Waals surface area contributed by atoms with E-state index in [1.165, 1.54) is 17.0 Å². The van der Waals surface area contributed by atoms with Crippen LogP contribution in [-0.2, 0) is 4.74 Å². The van der Waals surface area contributed by atoms with E-state index in [1.807, 2.05) is 0 Å². The first kappa shape index (κ1) is 21.0. The number of aromatic nitrogens is 2. The molecule has 0 bridgehead atoms. The van der Waals surface area contributed by atoms with Gasteiger partial charge in [0, 0.05) is 17.8 Å². The van der Waals surface area contributed by atoms with E-state index < -0.39 is 29.3 Å². The summed E-state index contributed by atoms with van der Waals surface area (Å²) in [6.45, 7) is 4.99.